The molecule has 0 unspecified atom stereocenters. The van der Waals surface area contributed by atoms with Gasteiger partial charge >= 0.3 is 0 Å². The summed E-state index contributed by atoms with van der Waals surface area (Å²) in [6.07, 6.45) is 1.75. The summed E-state index contributed by atoms with van der Waals surface area (Å²) in [5, 5.41) is 3.90. The van der Waals surface area contributed by atoms with Crippen LogP contribution in [-0.4, -0.2) is 16.6 Å². The normalized spacial score (nSPS) is 10.4. The summed E-state index contributed by atoms with van der Waals surface area (Å²) in [6.45, 7) is 0. The van der Waals surface area contributed by atoms with Crippen LogP contribution in [0, 0.1) is 0 Å². The average molecular weight is 189 g/mol. The standard InChI is InChI=1S/C10H11N3O/c1-11-9-5-8-7(6-12-9)3-4-10(14)13(8)2/h3-6H,1-2H3,(H,11,12). The molecule has 1 N–H and O–H groups in total. The number of hydrogen-bond donors (Lipinski definition) is 1. The van der Waals surface area contributed by atoms with Crippen molar-refractivity contribution in [3.63, 3.8) is 0 Å². The number of rotatable bonds is 1. The van der Waals surface area contributed by atoms with E-state index in [1.807, 2.05) is 6.07 Å². The molecule has 0 aromatic carbocycles. The quantitative estimate of drug-likeness (QED) is 0.727. The number of anilines is 1. The number of aryl methyl sites for hydroxylation is 1. The Morgan fingerprint density at radius 3 is 2.93 bits per heavy atom. The number of aromatic nitrogens is 2. The molecule has 0 aliphatic carbocycles. The van der Waals surface area contributed by atoms with Gasteiger partial charge in [-0.05, 0) is 6.07 Å². The first-order valence-corrected chi connectivity index (χ1v) is 4.36. The molecule has 0 aliphatic rings. The smallest absolute Gasteiger partial charge is 0.250 e. The summed E-state index contributed by atoms with van der Waals surface area (Å²) in [5.74, 6) is 0.763. The van der Waals surface area contributed by atoms with Crippen LogP contribution in [0.4, 0.5) is 5.82 Å². The molecular weight excluding hydrogens is 178 g/mol. The number of fused-ring (bicyclic) bond motifs is 1. The molecule has 0 amide bonds. The fraction of sp³-hybridized carbons (Fsp3) is 0.200. The van der Waals surface area contributed by atoms with Gasteiger partial charge in [-0.15, -0.1) is 0 Å². The highest BCUT2D eigenvalue weighted by Crippen LogP contribution is 2.13. The summed E-state index contributed by atoms with van der Waals surface area (Å²) in [4.78, 5) is 15.5. The van der Waals surface area contributed by atoms with Gasteiger partial charge in [0.1, 0.15) is 5.82 Å². The molecule has 0 saturated carbocycles. The number of nitrogens with one attached hydrogen (secondary N) is 1. The lowest BCUT2D eigenvalue weighted by atomic mass is 10.2. The summed E-state index contributed by atoms with van der Waals surface area (Å²) >= 11 is 0. The molecule has 0 radical (unpaired) electrons. The van der Waals surface area contributed by atoms with Crippen LogP contribution >= 0.6 is 0 Å². The van der Waals surface area contributed by atoms with E-state index >= 15 is 0 Å². The van der Waals surface area contributed by atoms with Gasteiger partial charge in [0.15, 0.2) is 0 Å². The minimum atomic E-state index is -0.00856. The topological polar surface area (TPSA) is 46.9 Å². The highest BCUT2D eigenvalue weighted by Gasteiger charge is 2.00. The second-order valence-electron chi connectivity index (χ2n) is 3.11. The van der Waals surface area contributed by atoms with Crippen molar-refractivity contribution in [2.75, 3.05) is 12.4 Å². The molecule has 0 aliphatic heterocycles. The molecule has 14 heavy (non-hydrogen) atoms. The lowest BCUT2D eigenvalue weighted by molar-refractivity contribution is 0.905. The zero-order valence-electron chi connectivity index (χ0n) is 8.11. The Labute approximate surface area is 81.2 Å². The van der Waals surface area contributed by atoms with E-state index < -0.39 is 0 Å². The minimum absolute atomic E-state index is 0.00856. The van der Waals surface area contributed by atoms with Crippen LogP contribution < -0.4 is 10.9 Å². The van der Waals surface area contributed by atoms with E-state index in [0.717, 1.165) is 16.7 Å². The predicted molar refractivity (Wildman–Crippen MR) is 56.5 cm³/mol. The Balaban J connectivity index is 2.84. The first-order chi connectivity index (χ1) is 6.72. The molecule has 0 saturated heterocycles. The third kappa shape index (κ3) is 1.25. The van der Waals surface area contributed by atoms with Crippen LogP contribution in [0.1, 0.15) is 0 Å². The van der Waals surface area contributed by atoms with E-state index in [1.165, 1.54) is 0 Å². The van der Waals surface area contributed by atoms with Crippen LogP contribution in [0.25, 0.3) is 10.9 Å². The first-order valence-electron chi connectivity index (χ1n) is 4.36. The third-order valence-corrected chi connectivity index (χ3v) is 2.27. The van der Waals surface area contributed by atoms with E-state index in [4.69, 9.17) is 0 Å². The third-order valence-electron chi connectivity index (χ3n) is 2.27. The van der Waals surface area contributed by atoms with Crippen LogP contribution in [0.3, 0.4) is 0 Å². The van der Waals surface area contributed by atoms with Crippen LogP contribution in [-0.2, 0) is 7.05 Å². The van der Waals surface area contributed by atoms with Gasteiger partial charge in [-0.1, -0.05) is 0 Å². The van der Waals surface area contributed by atoms with Crippen molar-refractivity contribution in [2.45, 2.75) is 0 Å². The van der Waals surface area contributed by atoms with Gasteiger partial charge in [-0.25, -0.2) is 4.98 Å². The van der Waals surface area contributed by atoms with Crippen molar-refractivity contribution in [2.24, 2.45) is 7.05 Å². The number of pyridine rings is 2. The van der Waals surface area contributed by atoms with Crippen molar-refractivity contribution in [3.8, 4) is 0 Å². The lowest BCUT2D eigenvalue weighted by Gasteiger charge is -2.05. The number of hydrogen-bond acceptors (Lipinski definition) is 3. The van der Waals surface area contributed by atoms with E-state index in [1.54, 1.807) is 37.0 Å². The Morgan fingerprint density at radius 2 is 2.21 bits per heavy atom. The van der Waals surface area contributed by atoms with Crippen LogP contribution in [0.15, 0.2) is 29.2 Å². The number of nitrogens with zero attached hydrogens (tertiary/aromatic N) is 2. The van der Waals surface area contributed by atoms with Gasteiger partial charge in [0, 0.05) is 37.8 Å². The fourth-order valence-corrected chi connectivity index (χ4v) is 1.40. The highest BCUT2D eigenvalue weighted by molar-refractivity contribution is 5.80. The molecular formula is C10H11N3O. The molecule has 4 nitrogen and oxygen atoms in total. The molecule has 0 bridgehead atoms. The summed E-state index contributed by atoms with van der Waals surface area (Å²) in [6, 6.07) is 5.18. The molecule has 2 aromatic heterocycles. The van der Waals surface area contributed by atoms with Gasteiger partial charge in [0.2, 0.25) is 0 Å². The highest BCUT2D eigenvalue weighted by atomic mass is 16.1. The largest absolute Gasteiger partial charge is 0.373 e. The van der Waals surface area contributed by atoms with Crippen molar-refractivity contribution >= 4 is 16.7 Å². The average Bonchev–Trinajstić information content (AvgIpc) is 2.23. The van der Waals surface area contributed by atoms with E-state index in [9.17, 15) is 4.79 Å². The maximum absolute atomic E-state index is 11.4. The van der Waals surface area contributed by atoms with Crippen molar-refractivity contribution in [3.05, 3.63) is 34.7 Å². The van der Waals surface area contributed by atoms with Gasteiger partial charge in [-0.3, -0.25) is 4.79 Å². The maximum atomic E-state index is 11.4. The first kappa shape index (κ1) is 8.74. The monoisotopic (exact) mass is 189 g/mol. The molecule has 72 valence electrons. The maximum Gasteiger partial charge on any atom is 0.250 e. The van der Waals surface area contributed by atoms with Gasteiger partial charge < -0.3 is 9.88 Å². The zero-order chi connectivity index (χ0) is 10.1. The molecule has 4 heteroatoms. The minimum Gasteiger partial charge on any atom is -0.373 e. The second-order valence-corrected chi connectivity index (χ2v) is 3.11. The molecule has 2 aromatic rings. The zero-order valence-corrected chi connectivity index (χ0v) is 8.11. The van der Waals surface area contributed by atoms with E-state index in [-0.39, 0.29) is 5.56 Å². The fourth-order valence-electron chi connectivity index (χ4n) is 1.40. The summed E-state index contributed by atoms with van der Waals surface area (Å²) < 4.78 is 1.61. The van der Waals surface area contributed by atoms with Crippen LogP contribution in [0.5, 0.6) is 0 Å². The molecule has 0 atom stereocenters. The Kier molecular flexibility index (Phi) is 1.96. The molecule has 2 heterocycles. The molecule has 0 spiro atoms. The summed E-state index contributed by atoms with van der Waals surface area (Å²) in [7, 11) is 3.55. The van der Waals surface area contributed by atoms with Crippen molar-refractivity contribution < 1.29 is 0 Å². The molecule has 2 rings (SSSR count). The van der Waals surface area contributed by atoms with Crippen molar-refractivity contribution in [1.82, 2.24) is 9.55 Å². The predicted octanol–water partition coefficient (Wildman–Crippen LogP) is 0.975. The van der Waals surface area contributed by atoms with Gasteiger partial charge in [0.25, 0.3) is 5.56 Å². The molecule has 0 fully saturated rings. The SMILES string of the molecule is CNc1cc2c(ccc(=O)n2C)cn1. The second kappa shape index (κ2) is 3.14. The van der Waals surface area contributed by atoms with Crippen molar-refractivity contribution in [1.29, 1.82) is 0 Å². The van der Waals surface area contributed by atoms with Gasteiger partial charge in [0.05, 0.1) is 5.52 Å². The Morgan fingerprint density at radius 1 is 1.43 bits per heavy atom. The summed E-state index contributed by atoms with van der Waals surface area (Å²) in [5.41, 5.74) is 0.877. The van der Waals surface area contributed by atoms with Gasteiger partial charge in [-0.2, -0.15) is 0 Å². The van der Waals surface area contributed by atoms with E-state index in [0.29, 0.717) is 0 Å². The Hall–Kier alpha value is -1.84. The Bertz CT molecular complexity index is 530. The lowest BCUT2D eigenvalue weighted by Crippen LogP contribution is -2.15. The van der Waals surface area contributed by atoms with E-state index in [2.05, 4.69) is 10.3 Å². The van der Waals surface area contributed by atoms with Crippen LogP contribution in [0.2, 0.25) is 0 Å².